The number of halogens is 1. The molecule has 0 radical (unpaired) electrons. The number of amides is 1. The molecule has 1 saturated heterocycles. The highest BCUT2D eigenvalue weighted by Gasteiger charge is 2.17. The summed E-state index contributed by atoms with van der Waals surface area (Å²) < 4.78 is 18.5. The molecule has 1 heterocycles. The van der Waals surface area contributed by atoms with Crippen molar-refractivity contribution in [3.63, 3.8) is 0 Å². The highest BCUT2D eigenvalue weighted by atomic mass is 19.1. The van der Waals surface area contributed by atoms with Gasteiger partial charge in [-0.1, -0.05) is 0 Å². The van der Waals surface area contributed by atoms with Gasteiger partial charge in [-0.25, -0.2) is 4.39 Å². The molecular formula is C13H16FNO3. The first-order valence-electron chi connectivity index (χ1n) is 6.05. The summed E-state index contributed by atoms with van der Waals surface area (Å²) in [5.74, 6) is -1.26. The van der Waals surface area contributed by atoms with Gasteiger partial charge in [0.15, 0.2) is 0 Å². The number of phenols is 1. The Bertz CT molecular complexity index is 430. The smallest absolute Gasteiger partial charge is 0.255 e. The Kier molecular flexibility index (Phi) is 4.15. The van der Waals surface area contributed by atoms with E-state index in [0.717, 1.165) is 31.4 Å². The Morgan fingerprint density at radius 2 is 2.33 bits per heavy atom. The van der Waals surface area contributed by atoms with Crippen molar-refractivity contribution in [2.24, 2.45) is 0 Å². The molecule has 18 heavy (non-hydrogen) atoms. The number of ether oxygens (including phenoxy) is 1. The van der Waals surface area contributed by atoms with Crippen LogP contribution in [-0.4, -0.2) is 30.3 Å². The van der Waals surface area contributed by atoms with Crippen LogP contribution in [0.15, 0.2) is 18.2 Å². The summed E-state index contributed by atoms with van der Waals surface area (Å²) in [5, 5.41) is 12.1. The quantitative estimate of drug-likeness (QED) is 0.864. The fourth-order valence-electron chi connectivity index (χ4n) is 1.96. The molecule has 0 spiro atoms. The standard InChI is InChI=1S/C13H16FNO3/c14-9-4-5-12(16)11(7-9)13(17)15-8-10-3-1-2-6-18-10/h4-5,7,10,16H,1-3,6,8H2,(H,15,17). The largest absolute Gasteiger partial charge is 0.507 e. The SMILES string of the molecule is O=C(NCC1CCCCO1)c1cc(F)ccc1O. The average molecular weight is 253 g/mol. The minimum atomic E-state index is -0.549. The maximum atomic E-state index is 13.0. The summed E-state index contributed by atoms with van der Waals surface area (Å²) in [7, 11) is 0. The molecule has 1 aliphatic heterocycles. The maximum absolute atomic E-state index is 13.0. The number of hydrogen-bond acceptors (Lipinski definition) is 3. The lowest BCUT2D eigenvalue weighted by atomic mass is 10.1. The zero-order valence-electron chi connectivity index (χ0n) is 9.99. The fourth-order valence-corrected chi connectivity index (χ4v) is 1.96. The topological polar surface area (TPSA) is 58.6 Å². The monoisotopic (exact) mass is 253 g/mol. The van der Waals surface area contributed by atoms with E-state index >= 15 is 0 Å². The molecule has 1 atom stereocenters. The van der Waals surface area contributed by atoms with Gasteiger partial charge in [0.05, 0.1) is 11.7 Å². The van der Waals surface area contributed by atoms with Gasteiger partial charge in [-0.2, -0.15) is 0 Å². The Morgan fingerprint density at radius 1 is 1.50 bits per heavy atom. The normalized spacial score (nSPS) is 19.5. The van der Waals surface area contributed by atoms with Crippen LogP contribution in [0.4, 0.5) is 4.39 Å². The fraction of sp³-hybridized carbons (Fsp3) is 0.462. The number of aromatic hydroxyl groups is 1. The van der Waals surface area contributed by atoms with Crippen molar-refractivity contribution in [3.05, 3.63) is 29.6 Å². The van der Waals surface area contributed by atoms with Crippen LogP contribution in [0, 0.1) is 5.82 Å². The van der Waals surface area contributed by atoms with Crippen LogP contribution in [-0.2, 0) is 4.74 Å². The second kappa shape index (κ2) is 5.82. The molecule has 1 amide bonds. The van der Waals surface area contributed by atoms with E-state index in [2.05, 4.69) is 5.32 Å². The molecule has 4 nitrogen and oxygen atoms in total. The molecule has 1 aromatic carbocycles. The molecule has 5 heteroatoms. The first kappa shape index (κ1) is 12.8. The lowest BCUT2D eigenvalue weighted by Crippen LogP contribution is -2.35. The third-order valence-electron chi connectivity index (χ3n) is 2.97. The highest BCUT2D eigenvalue weighted by Crippen LogP contribution is 2.18. The second-order valence-corrected chi connectivity index (χ2v) is 4.36. The van der Waals surface area contributed by atoms with E-state index in [0.29, 0.717) is 13.2 Å². The van der Waals surface area contributed by atoms with E-state index in [1.807, 2.05) is 0 Å². The van der Waals surface area contributed by atoms with Crippen LogP contribution in [0.1, 0.15) is 29.6 Å². The van der Waals surface area contributed by atoms with Crippen molar-refractivity contribution < 1.29 is 19.0 Å². The predicted octanol–water partition coefficient (Wildman–Crippen LogP) is 1.83. The number of carbonyl (C=O) groups is 1. The van der Waals surface area contributed by atoms with Crippen LogP contribution in [0.5, 0.6) is 5.75 Å². The van der Waals surface area contributed by atoms with Crippen LogP contribution < -0.4 is 5.32 Å². The Balaban J connectivity index is 1.92. The van der Waals surface area contributed by atoms with E-state index in [1.165, 1.54) is 6.07 Å². The lowest BCUT2D eigenvalue weighted by Gasteiger charge is -2.22. The summed E-state index contributed by atoms with van der Waals surface area (Å²) in [6.07, 6.45) is 3.06. The summed E-state index contributed by atoms with van der Waals surface area (Å²) in [6.45, 7) is 1.10. The van der Waals surface area contributed by atoms with Crippen molar-refractivity contribution in [3.8, 4) is 5.75 Å². The number of nitrogens with one attached hydrogen (secondary N) is 1. The summed E-state index contributed by atoms with van der Waals surface area (Å²) in [6, 6.07) is 3.30. The van der Waals surface area contributed by atoms with Crippen LogP contribution in [0.2, 0.25) is 0 Å². The van der Waals surface area contributed by atoms with Gasteiger partial charge >= 0.3 is 0 Å². The van der Waals surface area contributed by atoms with Crippen molar-refractivity contribution >= 4 is 5.91 Å². The summed E-state index contributed by atoms with van der Waals surface area (Å²) >= 11 is 0. The molecule has 0 saturated carbocycles. The van der Waals surface area contributed by atoms with Gasteiger partial charge in [0.1, 0.15) is 11.6 Å². The van der Waals surface area contributed by atoms with E-state index in [-0.39, 0.29) is 17.4 Å². The van der Waals surface area contributed by atoms with Gasteiger partial charge in [0.2, 0.25) is 0 Å². The average Bonchev–Trinajstić information content (AvgIpc) is 2.40. The predicted molar refractivity (Wildman–Crippen MR) is 64.0 cm³/mol. The van der Waals surface area contributed by atoms with Crippen molar-refractivity contribution in [1.82, 2.24) is 5.32 Å². The van der Waals surface area contributed by atoms with Crippen molar-refractivity contribution in [1.29, 1.82) is 0 Å². The Labute approximate surface area is 105 Å². The molecule has 2 rings (SSSR count). The molecule has 98 valence electrons. The minimum absolute atomic E-state index is 0.0124. The van der Waals surface area contributed by atoms with E-state index in [4.69, 9.17) is 4.74 Å². The molecule has 1 fully saturated rings. The van der Waals surface area contributed by atoms with Gasteiger partial charge in [-0.05, 0) is 37.5 Å². The Hall–Kier alpha value is -1.62. The van der Waals surface area contributed by atoms with E-state index in [1.54, 1.807) is 0 Å². The molecule has 0 bridgehead atoms. The van der Waals surface area contributed by atoms with Gasteiger partial charge < -0.3 is 15.2 Å². The van der Waals surface area contributed by atoms with Crippen molar-refractivity contribution in [2.75, 3.05) is 13.2 Å². The molecular weight excluding hydrogens is 237 g/mol. The number of rotatable bonds is 3. The molecule has 1 aliphatic rings. The van der Waals surface area contributed by atoms with Crippen LogP contribution in [0.25, 0.3) is 0 Å². The first-order chi connectivity index (χ1) is 8.66. The van der Waals surface area contributed by atoms with E-state index < -0.39 is 11.7 Å². The zero-order valence-corrected chi connectivity index (χ0v) is 9.99. The van der Waals surface area contributed by atoms with Gasteiger partial charge in [-0.3, -0.25) is 4.79 Å². The molecule has 2 N–H and O–H groups in total. The zero-order chi connectivity index (χ0) is 13.0. The third kappa shape index (κ3) is 3.20. The number of hydrogen-bond donors (Lipinski definition) is 2. The maximum Gasteiger partial charge on any atom is 0.255 e. The summed E-state index contributed by atoms with van der Waals surface area (Å²) in [4.78, 5) is 11.8. The van der Waals surface area contributed by atoms with E-state index in [9.17, 15) is 14.3 Å². The molecule has 1 aromatic rings. The summed E-state index contributed by atoms with van der Waals surface area (Å²) in [5.41, 5.74) is -0.0502. The molecule has 0 aromatic heterocycles. The number of phenolic OH excluding ortho intramolecular Hbond substituents is 1. The van der Waals surface area contributed by atoms with Gasteiger partial charge in [0.25, 0.3) is 5.91 Å². The number of benzene rings is 1. The minimum Gasteiger partial charge on any atom is -0.507 e. The third-order valence-corrected chi connectivity index (χ3v) is 2.97. The lowest BCUT2D eigenvalue weighted by molar-refractivity contribution is 0.0168. The van der Waals surface area contributed by atoms with Crippen molar-refractivity contribution in [2.45, 2.75) is 25.4 Å². The molecule has 0 aliphatic carbocycles. The second-order valence-electron chi connectivity index (χ2n) is 4.36. The van der Waals surface area contributed by atoms with Crippen LogP contribution in [0.3, 0.4) is 0 Å². The van der Waals surface area contributed by atoms with Crippen LogP contribution >= 0.6 is 0 Å². The van der Waals surface area contributed by atoms with Gasteiger partial charge in [-0.15, -0.1) is 0 Å². The first-order valence-corrected chi connectivity index (χ1v) is 6.05. The highest BCUT2D eigenvalue weighted by molar-refractivity contribution is 5.96. The molecule has 1 unspecified atom stereocenters. The Morgan fingerprint density at radius 3 is 3.06 bits per heavy atom. The van der Waals surface area contributed by atoms with Gasteiger partial charge in [0, 0.05) is 13.2 Å². The number of carbonyl (C=O) groups excluding carboxylic acids is 1.